The van der Waals surface area contributed by atoms with Crippen LogP contribution in [0, 0.1) is 5.92 Å². The second-order valence-electron chi connectivity index (χ2n) is 6.70. The van der Waals surface area contributed by atoms with Gasteiger partial charge in [-0.1, -0.05) is 12.1 Å². The van der Waals surface area contributed by atoms with Crippen molar-refractivity contribution in [2.75, 3.05) is 14.2 Å². The van der Waals surface area contributed by atoms with Crippen LogP contribution >= 0.6 is 0 Å². The Balaban J connectivity index is 1.56. The number of fused-ring (bicyclic) bond motifs is 1. The molecule has 0 radical (unpaired) electrons. The Labute approximate surface area is 152 Å². The van der Waals surface area contributed by atoms with Gasteiger partial charge in [0.2, 0.25) is 0 Å². The predicted molar refractivity (Wildman–Crippen MR) is 101 cm³/mol. The van der Waals surface area contributed by atoms with Crippen LogP contribution in [0.25, 0.3) is 10.9 Å². The van der Waals surface area contributed by atoms with Crippen LogP contribution in [0.15, 0.2) is 48.5 Å². The molecule has 2 N–H and O–H groups in total. The number of carbonyl (C=O) groups excluding carboxylic acids is 1. The van der Waals surface area contributed by atoms with Crippen molar-refractivity contribution in [3.63, 3.8) is 0 Å². The molecule has 0 bridgehead atoms. The molecule has 0 unspecified atom stereocenters. The van der Waals surface area contributed by atoms with E-state index in [0.717, 1.165) is 40.8 Å². The van der Waals surface area contributed by atoms with E-state index in [1.54, 1.807) is 14.2 Å². The third-order valence-corrected chi connectivity index (χ3v) is 4.93. The first-order chi connectivity index (χ1) is 12.7. The smallest absolute Gasteiger partial charge is 0.268 e. The molecule has 0 aliphatic heterocycles. The van der Waals surface area contributed by atoms with Crippen LogP contribution in [0.1, 0.15) is 34.9 Å². The van der Waals surface area contributed by atoms with Crippen LogP contribution < -0.4 is 14.8 Å². The van der Waals surface area contributed by atoms with Crippen molar-refractivity contribution in [2.24, 2.45) is 5.92 Å². The summed E-state index contributed by atoms with van der Waals surface area (Å²) in [5, 5.41) is 4.19. The van der Waals surface area contributed by atoms with Crippen LogP contribution in [0.2, 0.25) is 0 Å². The third kappa shape index (κ3) is 3.25. The molecule has 1 amide bonds. The van der Waals surface area contributed by atoms with Crippen molar-refractivity contribution in [3.8, 4) is 11.5 Å². The summed E-state index contributed by atoms with van der Waals surface area (Å²) in [5.74, 6) is 1.99. The average Bonchev–Trinajstić information content (AvgIpc) is 3.43. The molecule has 1 saturated carbocycles. The fraction of sp³-hybridized carbons (Fsp3) is 0.286. The molecule has 1 aromatic heterocycles. The maximum Gasteiger partial charge on any atom is 0.268 e. The van der Waals surface area contributed by atoms with Gasteiger partial charge in [-0.15, -0.1) is 0 Å². The molecule has 1 heterocycles. The van der Waals surface area contributed by atoms with Gasteiger partial charge in [0.25, 0.3) is 5.91 Å². The van der Waals surface area contributed by atoms with Gasteiger partial charge in [-0.05, 0) is 54.7 Å². The molecule has 5 nitrogen and oxygen atoms in total. The fourth-order valence-electron chi connectivity index (χ4n) is 3.29. The second kappa shape index (κ2) is 6.75. The molecule has 2 aromatic carbocycles. The first kappa shape index (κ1) is 16.5. The van der Waals surface area contributed by atoms with Crippen LogP contribution in [0.3, 0.4) is 0 Å². The second-order valence-corrected chi connectivity index (χ2v) is 6.70. The van der Waals surface area contributed by atoms with Crippen LogP contribution in [0.5, 0.6) is 11.5 Å². The lowest BCUT2D eigenvalue weighted by Gasteiger charge is -2.18. The quantitative estimate of drug-likeness (QED) is 0.704. The normalized spacial score (nSPS) is 14.8. The van der Waals surface area contributed by atoms with E-state index in [4.69, 9.17) is 9.47 Å². The molecule has 0 spiro atoms. The zero-order valence-electron chi connectivity index (χ0n) is 14.9. The molecule has 1 fully saturated rings. The number of ether oxygens (including phenoxy) is 2. The molecule has 0 saturated heterocycles. The summed E-state index contributed by atoms with van der Waals surface area (Å²) >= 11 is 0. The van der Waals surface area contributed by atoms with Crippen molar-refractivity contribution in [1.29, 1.82) is 0 Å². The Bertz CT molecular complexity index is 926. The van der Waals surface area contributed by atoms with E-state index in [1.165, 1.54) is 0 Å². The van der Waals surface area contributed by atoms with E-state index in [1.807, 2.05) is 48.5 Å². The number of carbonyl (C=O) groups is 1. The van der Waals surface area contributed by atoms with Gasteiger partial charge in [-0.25, -0.2) is 0 Å². The summed E-state index contributed by atoms with van der Waals surface area (Å²) in [5.41, 5.74) is 2.56. The molecule has 4 rings (SSSR count). The standard InChI is InChI=1S/C21H22N2O3/c1-25-16-8-5-14(6-9-16)20(13-3-4-13)23-21(24)19-11-15-7-10-17(26-2)12-18(15)22-19/h5-13,20,22H,3-4H2,1-2H3,(H,23,24)/t20-/m1/s1. The Hall–Kier alpha value is -2.95. The van der Waals surface area contributed by atoms with Crippen LogP contribution in [0.4, 0.5) is 0 Å². The van der Waals surface area contributed by atoms with E-state index in [2.05, 4.69) is 10.3 Å². The van der Waals surface area contributed by atoms with Gasteiger partial charge in [-0.3, -0.25) is 4.79 Å². The summed E-state index contributed by atoms with van der Waals surface area (Å²) in [6, 6.07) is 15.6. The molecular weight excluding hydrogens is 328 g/mol. The monoisotopic (exact) mass is 350 g/mol. The number of aromatic amines is 1. The van der Waals surface area contributed by atoms with Gasteiger partial charge in [0.1, 0.15) is 17.2 Å². The van der Waals surface area contributed by atoms with E-state index in [-0.39, 0.29) is 11.9 Å². The number of rotatable bonds is 6. The lowest BCUT2D eigenvalue weighted by Crippen LogP contribution is -2.30. The topological polar surface area (TPSA) is 63.4 Å². The number of aromatic nitrogens is 1. The largest absolute Gasteiger partial charge is 0.497 e. The number of methoxy groups -OCH3 is 2. The van der Waals surface area contributed by atoms with Crippen LogP contribution in [-0.2, 0) is 0 Å². The number of hydrogen-bond acceptors (Lipinski definition) is 3. The minimum atomic E-state index is -0.0899. The number of amides is 1. The zero-order chi connectivity index (χ0) is 18.1. The number of H-pyrrole nitrogens is 1. The Morgan fingerprint density at radius 3 is 2.38 bits per heavy atom. The first-order valence-electron chi connectivity index (χ1n) is 8.79. The minimum Gasteiger partial charge on any atom is -0.497 e. The summed E-state index contributed by atoms with van der Waals surface area (Å²) in [4.78, 5) is 16.0. The number of benzene rings is 2. The lowest BCUT2D eigenvalue weighted by molar-refractivity contribution is 0.0927. The molecule has 134 valence electrons. The highest BCUT2D eigenvalue weighted by molar-refractivity contribution is 5.98. The van der Waals surface area contributed by atoms with Crippen LogP contribution in [-0.4, -0.2) is 25.1 Å². The molecule has 26 heavy (non-hydrogen) atoms. The SMILES string of the molecule is COc1ccc([C@H](NC(=O)c2cc3ccc(OC)cc3[nH]2)C2CC2)cc1. The van der Waals surface area contributed by atoms with Gasteiger partial charge in [0.15, 0.2) is 0 Å². The van der Waals surface area contributed by atoms with E-state index >= 15 is 0 Å². The Morgan fingerprint density at radius 2 is 1.73 bits per heavy atom. The maximum absolute atomic E-state index is 12.8. The van der Waals surface area contributed by atoms with E-state index in [9.17, 15) is 4.79 Å². The number of hydrogen-bond donors (Lipinski definition) is 2. The van der Waals surface area contributed by atoms with Gasteiger partial charge in [-0.2, -0.15) is 0 Å². The maximum atomic E-state index is 12.8. The highest BCUT2D eigenvalue weighted by Gasteiger charge is 2.33. The predicted octanol–water partition coefficient (Wildman–Crippen LogP) is 4.07. The summed E-state index contributed by atoms with van der Waals surface area (Å²) in [7, 11) is 3.28. The fourth-order valence-corrected chi connectivity index (χ4v) is 3.29. The summed E-state index contributed by atoms with van der Waals surface area (Å²) in [6.45, 7) is 0. The molecule has 1 aliphatic carbocycles. The van der Waals surface area contributed by atoms with Gasteiger partial charge in [0.05, 0.1) is 20.3 Å². The first-order valence-corrected chi connectivity index (χ1v) is 8.79. The average molecular weight is 350 g/mol. The van der Waals surface area contributed by atoms with E-state index in [0.29, 0.717) is 11.6 Å². The van der Waals surface area contributed by atoms with Gasteiger partial charge in [0, 0.05) is 17.0 Å². The summed E-state index contributed by atoms with van der Waals surface area (Å²) in [6.07, 6.45) is 2.28. The summed E-state index contributed by atoms with van der Waals surface area (Å²) < 4.78 is 10.5. The highest BCUT2D eigenvalue weighted by atomic mass is 16.5. The molecule has 5 heteroatoms. The Kier molecular flexibility index (Phi) is 4.29. The molecule has 1 atom stereocenters. The minimum absolute atomic E-state index is 0.0226. The van der Waals surface area contributed by atoms with Crippen molar-refractivity contribution < 1.29 is 14.3 Å². The Morgan fingerprint density at radius 1 is 1.04 bits per heavy atom. The van der Waals surface area contributed by atoms with Crippen molar-refractivity contribution >= 4 is 16.8 Å². The molecular formula is C21H22N2O3. The molecule has 1 aliphatic rings. The third-order valence-electron chi connectivity index (χ3n) is 4.93. The van der Waals surface area contributed by atoms with Gasteiger partial charge >= 0.3 is 0 Å². The molecule has 3 aromatic rings. The van der Waals surface area contributed by atoms with Crippen molar-refractivity contribution in [2.45, 2.75) is 18.9 Å². The number of nitrogens with one attached hydrogen (secondary N) is 2. The van der Waals surface area contributed by atoms with Gasteiger partial charge < -0.3 is 19.8 Å². The van der Waals surface area contributed by atoms with E-state index < -0.39 is 0 Å². The van der Waals surface area contributed by atoms with Crippen molar-refractivity contribution in [1.82, 2.24) is 10.3 Å². The zero-order valence-corrected chi connectivity index (χ0v) is 14.9. The van der Waals surface area contributed by atoms with Crippen molar-refractivity contribution in [3.05, 3.63) is 59.8 Å². The lowest BCUT2D eigenvalue weighted by atomic mass is 10.0. The highest BCUT2D eigenvalue weighted by Crippen LogP contribution is 2.41.